The minimum absolute atomic E-state index is 0.118. The van der Waals surface area contributed by atoms with Gasteiger partial charge in [-0.2, -0.15) is 0 Å². The van der Waals surface area contributed by atoms with Gasteiger partial charge in [0.15, 0.2) is 0 Å². The number of ether oxygens (including phenoxy) is 1. The van der Waals surface area contributed by atoms with Crippen molar-refractivity contribution in [2.24, 2.45) is 0 Å². The maximum absolute atomic E-state index is 11.0. The highest BCUT2D eigenvalue weighted by Gasteiger charge is 2.10. The first-order valence-corrected chi connectivity index (χ1v) is 6.00. The first kappa shape index (κ1) is 13.9. The summed E-state index contributed by atoms with van der Waals surface area (Å²) in [7, 11) is 0. The number of hydrogen-bond donors (Lipinski definition) is 1. The molecule has 0 aromatic rings. The molecule has 4 nitrogen and oxygen atoms in total. The Bertz CT molecular complexity index is 185. The van der Waals surface area contributed by atoms with E-state index < -0.39 is 0 Å². The predicted octanol–water partition coefficient (Wildman–Crippen LogP) is 1.21. The van der Waals surface area contributed by atoms with Crippen LogP contribution in [0.5, 0.6) is 0 Å². The van der Waals surface area contributed by atoms with Gasteiger partial charge in [0, 0.05) is 0 Å². The second-order valence-corrected chi connectivity index (χ2v) is 5.44. The van der Waals surface area contributed by atoms with E-state index in [0.717, 1.165) is 0 Å². The van der Waals surface area contributed by atoms with Crippen LogP contribution in [-0.2, 0) is 14.3 Å². The lowest BCUT2D eigenvalue weighted by atomic mass is 10.4. The predicted molar refractivity (Wildman–Crippen MR) is 60.7 cm³/mol. The Hall–Kier alpha value is -0.100. The van der Waals surface area contributed by atoms with Crippen LogP contribution in [0.15, 0.2) is 0 Å². The third-order valence-electron chi connectivity index (χ3n) is 1.33. The summed E-state index contributed by atoms with van der Waals surface area (Å²) in [6, 6.07) is 0. The number of carbonyl (C=O) groups excluding carboxylic acids is 2. The van der Waals surface area contributed by atoms with E-state index in [0.29, 0.717) is 6.54 Å². The third kappa shape index (κ3) is 6.37. The molecule has 82 valence electrons. The summed E-state index contributed by atoms with van der Waals surface area (Å²) in [5, 5.41) is 2.60. The van der Waals surface area contributed by atoms with Gasteiger partial charge in [-0.25, -0.2) is 0 Å². The summed E-state index contributed by atoms with van der Waals surface area (Å²) in [6.07, 6.45) is 0. The molecule has 1 amide bonds. The smallest absolute Gasteiger partial charge is 0.319 e. The number of rotatable bonds is 5. The molecule has 0 saturated carbocycles. The van der Waals surface area contributed by atoms with Crippen molar-refractivity contribution in [2.45, 2.75) is 23.5 Å². The first-order valence-electron chi connectivity index (χ1n) is 4.17. The molecular weight excluding hydrogens is 318 g/mol. The van der Waals surface area contributed by atoms with Crippen LogP contribution in [0.1, 0.15) is 13.8 Å². The highest BCUT2D eigenvalue weighted by molar-refractivity contribution is 9.10. The normalized spacial score (nSPS) is 14.3. The fourth-order valence-corrected chi connectivity index (χ4v) is 0.875. The number of halogens is 2. The van der Waals surface area contributed by atoms with Gasteiger partial charge in [0.25, 0.3) is 0 Å². The standard InChI is InChI=1S/C8H13Br2NO3/c1-5(9)7(12)11-3-4-14-8(13)6(2)10/h5-6H,3-4H2,1-2H3,(H,11,12). The van der Waals surface area contributed by atoms with Crippen molar-refractivity contribution in [3.63, 3.8) is 0 Å². The first-order chi connectivity index (χ1) is 6.45. The number of amides is 1. The zero-order chi connectivity index (χ0) is 11.1. The van der Waals surface area contributed by atoms with E-state index in [1.807, 2.05) is 0 Å². The van der Waals surface area contributed by atoms with Crippen LogP contribution < -0.4 is 5.32 Å². The van der Waals surface area contributed by atoms with Crippen LogP contribution in [-0.4, -0.2) is 34.7 Å². The fourth-order valence-electron chi connectivity index (χ4n) is 0.581. The van der Waals surface area contributed by atoms with Crippen molar-refractivity contribution in [3.05, 3.63) is 0 Å². The second-order valence-electron chi connectivity index (χ2n) is 2.69. The van der Waals surface area contributed by atoms with Crippen LogP contribution in [0, 0.1) is 0 Å². The van der Waals surface area contributed by atoms with E-state index in [9.17, 15) is 9.59 Å². The highest BCUT2D eigenvalue weighted by Crippen LogP contribution is 1.99. The molecule has 0 aliphatic rings. The average molecular weight is 331 g/mol. The average Bonchev–Trinajstić information content (AvgIpc) is 2.11. The van der Waals surface area contributed by atoms with Crippen molar-refractivity contribution in [2.75, 3.05) is 13.2 Å². The van der Waals surface area contributed by atoms with Crippen molar-refractivity contribution >= 4 is 43.7 Å². The molecule has 0 rings (SSSR count). The topological polar surface area (TPSA) is 55.4 Å². The van der Waals surface area contributed by atoms with Crippen LogP contribution >= 0.6 is 31.9 Å². The molecule has 2 atom stereocenters. The van der Waals surface area contributed by atoms with Crippen molar-refractivity contribution in [1.82, 2.24) is 5.32 Å². The number of nitrogens with one attached hydrogen (secondary N) is 1. The summed E-state index contributed by atoms with van der Waals surface area (Å²) in [5.41, 5.74) is 0. The SMILES string of the molecule is CC(Br)C(=O)NCCOC(=O)C(C)Br. The van der Waals surface area contributed by atoms with Crippen LogP contribution in [0.4, 0.5) is 0 Å². The van der Waals surface area contributed by atoms with Crippen molar-refractivity contribution in [1.29, 1.82) is 0 Å². The van der Waals surface area contributed by atoms with E-state index in [4.69, 9.17) is 4.74 Å². The molecule has 0 aliphatic heterocycles. The maximum atomic E-state index is 11.0. The number of carbonyl (C=O) groups is 2. The van der Waals surface area contributed by atoms with E-state index in [2.05, 4.69) is 37.2 Å². The molecule has 0 fully saturated rings. The fraction of sp³-hybridized carbons (Fsp3) is 0.750. The molecule has 0 aromatic heterocycles. The summed E-state index contributed by atoms with van der Waals surface area (Å²) in [5.74, 6) is -0.445. The molecule has 6 heteroatoms. The molecule has 0 aromatic carbocycles. The van der Waals surface area contributed by atoms with Gasteiger partial charge in [0.1, 0.15) is 11.4 Å². The lowest BCUT2D eigenvalue weighted by Gasteiger charge is -2.08. The van der Waals surface area contributed by atoms with E-state index in [-0.39, 0.29) is 28.1 Å². The van der Waals surface area contributed by atoms with Crippen molar-refractivity contribution in [3.8, 4) is 0 Å². The summed E-state index contributed by atoms with van der Waals surface area (Å²) in [6.45, 7) is 3.93. The molecule has 14 heavy (non-hydrogen) atoms. The van der Waals surface area contributed by atoms with Gasteiger partial charge in [-0.05, 0) is 13.8 Å². The van der Waals surface area contributed by atoms with Crippen LogP contribution in [0.25, 0.3) is 0 Å². The number of alkyl halides is 2. The third-order valence-corrected chi connectivity index (χ3v) is 2.12. The quantitative estimate of drug-likeness (QED) is 0.468. The van der Waals surface area contributed by atoms with Gasteiger partial charge in [0.2, 0.25) is 5.91 Å². The Labute approximate surface area is 100 Å². The molecule has 0 heterocycles. The Kier molecular flexibility index (Phi) is 7.17. The summed E-state index contributed by atoms with van der Waals surface area (Å²) in [4.78, 5) is 21.4. The molecule has 0 spiro atoms. The molecule has 0 saturated heterocycles. The molecule has 0 aliphatic carbocycles. The lowest BCUT2D eigenvalue weighted by molar-refractivity contribution is -0.142. The monoisotopic (exact) mass is 329 g/mol. The van der Waals surface area contributed by atoms with Gasteiger partial charge in [-0.1, -0.05) is 31.9 Å². The Morgan fingerprint density at radius 2 is 1.86 bits per heavy atom. The Morgan fingerprint density at radius 3 is 2.29 bits per heavy atom. The van der Waals surface area contributed by atoms with E-state index in [1.54, 1.807) is 13.8 Å². The molecule has 2 unspecified atom stereocenters. The largest absolute Gasteiger partial charge is 0.463 e. The minimum Gasteiger partial charge on any atom is -0.463 e. The van der Waals surface area contributed by atoms with Gasteiger partial charge >= 0.3 is 5.97 Å². The van der Waals surface area contributed by atoms with Crippen molar-refractivity contribution < 1.29 is 14.3 Å². The number of hydrogen-bond acceptors (Lipinski definition) is 3. The minimum atomic E-state index is -0.328. The maximum Gasteiger partial charge on any atom is 0.319 e. The van der Waals surface area contributed by atoms with Gasteiger partial charge in [-0.3, -0.25) is 9.59 Å². The van der Waals surface area contributed by atoms with E-state index in [1.165, 1.54) is 0 Å². The summed E-state index contributed by atoms with van der Waals surface area (Å²) < 4.78 is 4.82. The van der Waals surface area contributed by atoms with Crippen LogP contribution in [0.2, 0.25) is 0 Å². The van der Waals surface area contributed by atoms with Gasteiger partial charge in [-0.15, -0.1) is 0 Å². The lowest BCUT2D eigenvalue weighted by Crippen LogP contribution is -2.33. The Morgan fingerprint density at radius 1 is 1.29 bits per heavy atom. The molecule has 1 N–H and O–H groups in total. The number of esters is 1. The molecule has 0 radical (unpaired) electrons. The van der Waals surface area contributed by atoms with Gasteiger partial charge < -0.3 is 10.1 Å². The Balaban J connectivity index is 3.48. The second kappa shape index (κ2) is 7.23. The van der Waals surface area contributed by atoms with Gasteiger partial charge in [0.05, 0.1) is 11.4 Å². The van der Waals surface area contributed by atoms with Crippen LogP contribution in [0.3, 0.4) is 0 Å². The highest BCUT2D eigenvalue weighted by atomic mass is 79.9. The molecular formula is C8H13Br2NO3. The summed E-state index contributed by atoms with van der Waals surface area (Å²) >= 11 is 6.19. The zero-order valence-electron chi connectivity index (χ0n) is 8.05. The van der Waals surface area contributed by atoms with E-state index >= 15 is 0 Å². The molecule has 0 bridgehead atoms. The zero-order valence-corrected chi connectivity index (χ0v) is 11.2.